The summed E-state index contributed by atoms with van der Waals surface area (Å²) in [5.41, 5.74) is -0.528. The van der Waals surface area contributed by atoms with Gasteiger partial charge in [0.05, 0.1) is 0 Å². The van der Waals surface area contributed by atoms with Crippen LogP contribution in [0.2, 0.25) is 0 Å². The molecule has 0 spiro atoms. The van der Waals surface area contributed by atoms with E-state index >= 15 is 0 Å². The van der Waals surface area contributed by atoms with Crippen molar-refractivity contribution in [1.29, 1.82) is 0 Å². The molecule has 0 bridgehead atoms. The fourth-order valence-corrected chi connectivity index (χ4v) is 1.60. The summed E-state index contributed by atoms with van der Waals surface area (Å²) in [7, 11) is 0. The number of alkyl halides is 2. The molecule has 19 heavy (non-hydrogen) atoms. The topological polar surface area (TPSA) is 9.23 Å². The first kappa shape index (κ1) is 13.3. The van der Waals surface area contributed by atoms with Gasteiger partial charge in [0.25, 0.3) is 0 Å². The first-order valence-corrected chi connectivity index (χ1v) is 5.18. The first-order chi connectivity index (χ1) is 8.99. The molecule has 0 saturated carbocycles. The van der Waals surface area contributed by atoms with Crippen LogP contribution in [0.15, 0.2) is 36.4 Å². The lowest BCUT2D eigenvalue weighted by atomic mass is 10.0. The molecule has 2 aromatic rings. The van der Waals surface area contributed by atoms with E-state index in [1.165, 1.54) is 12.1 Å². The Labute approximate surface area is 105 Å². The molecular formula is C13H7F5O. The van der Waals surface area contributed by atoms with Crippen LogP contribution in [-0.4, -0.2) is 6.61 Å². The maximum absolute atomic E-state index is 13.7. The minimum Gasteiger partial charge on any atom is -0.435 e. The molecule has 0 unspecified atom stereocenters. The molecule has 0 fully saturated rings. The standard InChI is InChI=1S/C13H7F5O/c14-10-3-1-2-9(12(10)16)8-5-4-7(6-11(8)15)19-13(17)18/h1-6,13H. The summed E-state index contributed by atoms with van der Waals surface area (Å²) in [6.07, 6.45) is 0. The van der Waals surface area contributed by atoms with Crippen LogP contribution in [0.1, 0.15) is 0 Å². The van der Waals surface area contributed by atoms with Crippen molar-refractivity contribution < 1.29 is 26.7 Å². The fourth-order valence-electron chi connectivity index (χ4n) is 1.60. The van der Waals surface area contributed by atoms with E-state index in [2.05, 4.69) is 4.74 Å². The number of hydrogen-bond donors (Lipinski definition) is 0. The van der Waals surface area contributed by atoms with Crippen LogP contribution in [0, 0.1) is 17.5 Å². The summed E-state index contributed by atoms with van der Waals surface area (Å²) < 4.78 is 68.1. The van der Waals surface area contributed by atoms with Crippen LogP contribution in [0.3, 0.4) is 0 Å². The maximum Gasteiger partial charge on any atom is 0.387 e. The zero-order valence-electron chi connectivity index (χ0n) is 9.34. The van der Waals surface area contributed by atoms with Gasteiger partial charge in [-0.2, -0.15) is 8.78 Å². The van der Waals surface area contributed by atoms with Gasteiger partial charge < -0.3 is 4.74 Å². The SMILES string of the molecule is Fc1cc(OC(F)F)ccc1-c1cccc(F)c1F. The Kier molecular flexibility index (Phi) is 3.69. The van der Waals surface area contributed by atoms with Crippen LogP contribution in [0.5, 0.6) is 5.75 Å². The minimum atomic E-state index is -3.09. The van der Waals surface area contributed by atoms with Crippen molar-refractivity contribution in [3.63, 3.8) is 0 Å². The molecule has 100 valence electrons. The zero-order chi connectivity index (χ0) is 14.0. The predicted octanol–water partition coefficient (Wildman–Crippen LogP) is 4.37. The number of benzene rings is 2. The van der Waals surface area contributed by atoms with E-state index in [0.29, 0.717) is 6.07 Å². The van der Waals surface area contributed by atoms with Crippen LogP contribution < -0.4 is 4.74 Å². The number of halogens is 5. The molecule has 0 aromatic heterocycles. The summed E-state index contributed by atoms with van der Waals surface area (Å²) >= 11 is 0. The van der Waals surface area contributed by atoms with Gasteiger partial charge in [-0.25, -0.2) is 13.2 Å². The van der Waals surface area contributed by atoms with E-state index < -0.39 is 29.8 Å². The molecule has 1 nitrogen and oxygen atoms in total. The molecule has 2 aromatic carbocycles. The third kappa shape index (κ3) is 2.83. The Morgan fingerprint density at radius 1 is 0.842 bits per heavy atom. The summed E-state index contributed by atoms with van der Waals surface area (Å²) in [6.45, 7) is -3.09. The molecule has 0 radical (unpaired) electrons. The van der Waals surface area contributed by atoms with Gasteiger partial charge in [-0.05, 0) is 18.2 Å². The molecule has 0 aliphatic carbocycles. The smallest absolute Gasteiger partial charge is 0.387 e. The van der Waals surface area contributed by atoms with Gasteiger partial charge >= 0.3 is 6.61 Å². The number of hydrogen-bond acceptors (Lipinski definition) is 1. The van der Waals surface area contributed by atoms with E-state index in [-0.39, 0.29) is 11.1 Å². The van der Waals surface area contributed by atoms with E-state index in [1.807, 2.05) is 0 Å². The Balaban J connectivity index is 2.43. The van der Waals surface area contributed by atoms with Gasteiger partial charge in [-0.1, -0.05) is 12.1 Å². The highest BCUT2D eigenvalue weighted by Gasteiger charge is 2.15. The Morgan fingerprint density at radius 3 is 2.21 bits per heavy atom. The summed E-state index contributed by atoms with van der Waals surface area (Å²) in [5.74, 6) is -3.70. The summed E-state index contributed by atoms with van der Waals surface area (Å²) in [5, 5.41) is 0. The van der Waals surface area contributed by atoms with Gasteiger partial charge in [0.2, 0.25) is 0 Å². The second-order valence-corrected chi connectivity index (χ2v) is 3.62. The van der Waals surface area contributed by atoms with Crippen LogP contribution in [0.25, 0.3) is 11.1 Å². The molecule has 0 N–H and O–H groups in total. The molecule has 0 amide bonds. The van der Waals surface area contributed by atoms with Gasteiger partial charge in [0.1, 0.15) is 11.6 Å². The molecule has 0 atom stereocenters. The lowest BCUT2D eigenvalue weighted by Crippen LogP contribution is -2.02. The predicted molar refractivity (Wildman–Crippen MR) is 58.4 cm³/mol. The first-order valence-electron chi connectivity index (χ1n) is 5.18. The normalized spacial score (nSPS) is 10.8. The van der Waals surface area contributed by atoms with Crippen molar-refractivity contribution in [2.75, 3.05) is 0 Å². The van der Waals surface area contributed by atoms with Crippen molar-refractivity contribution in [3.05, 3.63) is 53.8 Å². The van der Waals surface area contributed by atoms with Gasteiger partial charge in [0, 0.05) is 17.2 Å². The third-order valence-electron chi connectivity index (χ3n) is 2.41. The molecule has 0 saturated heterocycles. The molecule has 0 heterocycles. The van der Waals surface area contributed by atoms with Crippen molar-refractivity contribution in [1.82, 2.24) is 0 Å². The number of ether oxygens (including phenoxy) is 1. The number of rotatable bonds is 3. The highest BCUT2D eigenvalue weighted by Crippen LogP contribution is 2.29. The lowest BCUT2D eigenvalue weighted by Gasteiger charge is -2.08. The largest absolute Gasteiger partial charge is 0.435 e. The molecule has 6 heteroatoms. The van der Waals surface area contributed by atoms with Crippen molar-refractivity contribution >= 4 is 0 Å². The van der Waals surface area contributed by atoms with Crippen molar-refractivity contribution in [2.24, 2.45) is 0 Å². The Hall–Kier alpha value is -2.11. The molecular weight excluding hydrogens is 267 g/mol. The van der Waals surface area contributed by atoms with Crippen molar-refractivity contribution in [2.45, 2.75) is 6.61 Å². The highest BCUT2D eigenvalue weighted by atomic mass is 19.3. The monoisotopic (exact) mass is 274 g/mol. The van der Waals surface area contributed by atoms with Crippen LogP contribution >= 0.6 is 0 Å². The molecule has 0 aliphatic heterocycles. The third-order valence-corrected chi connectivity index (χ3v) is 2.41. The van der Waals surface area contributed by atoms with Crippen molar-refractivity contribution in [3.8, 4) is 16.9 Å². The van der Waals surface area contributed by atoms with Gasteiger partial charge in [-0.15, -0.1) is 0 Å². The van der Waals surface area contributed by atoms with Gasteiger partial charge in [-0.3, -0.25) is 0 Å². The van der Waals surface area contributed by atoms with Gasteiger partial charge in [0.15, 0.2) is 11.6 Å². The highest BCUT2D eigenvalue weighted by molar-refractivity contribution is 5.65. The van der Waals surface area contributed by atoms with Crippen LogP contribution in [0.4, 0.5) is 22.0 Å². The minimum absolute atomic E-state index is 0.237. The van der Waals surface area contributed by atoms with Crippen LogP contribution in [-0.2, 0) is 0 Å². The second kappa shape index (κ2) is 5.26. The summed E-state index contributed by atoms with van der Waals surface area (Å²) in [4.78, 5) is 0. The Morgan fingerprint density at radius 2 is 1.58 bits per heavy atom. The summed E-state index contributed by atoms with van der Waals surface area (Å²) in [6, 6.07) is 6.08. The second-order valence-electron chi connectivity index (χ2n) is 3.62. The van der Waals surface area contributed by atoms with E-state index in [4.69, 9.17) is 0 Å². The van der Waals surface area contributed by atoms with E-state index in [0.717, 1.165) is 18.2 Å². The average Bonchev–Trinajstić information content (AvgIpc) is 2.33. The average molecular weight is 274 g/mol. The fraction of sp³-hybridized carbons (Fsp3) is 0.0769. The quantitative estimate of drug-likeness (QED) is 0.755. The maximum atomic E-state index is 13.7. The van der Waals surface area contributed by atoms with E-state index in [1.54, 1.807) is 0 Å². The van der Waals surface area contributed by atoms with E-state index in [9.17, 15) is 22.0 Å². The Bertz CT molecular complexity index is 598. The molecule has 2 rings (SSSR count). The lowest BCUT2D eigenvalue weighted by molar-refractivity contribution is -0.0499. The zero-order valence-corrected chi connectivity index (χ0v) is 9.34. The molecule has 0 aliphatic rings.